The van der Waals surface area contributed by atoms with Crippen molar-refractivity contribution in [1.29, 1.82) is 0 Å². The van der Waals surface area contributed by atoms with Gasteiger partial charge in [0.2, 0.25) is 0 Å². The third-order valence-corrected chi connectivity index (χ3v) is 5.51. The number of furan rings is 1. The molecule has 174 valence electrons. The minimum Gasteiger partial charge on any atom is -0.497 e. The molecule has 0 N–H and O–H groups in total. The fraction of sp³-hybridized carbons (Fsp3) is 0.208. The van der Waals surface area contributed by atoms with Crippen LogP contribution in [0, 0.1) is 17.0 Å². The summed E-state index contributed by atoms with van der Waals surface area (Å²) in [5.74, 6) is -0.147. The second kappa shape index (κ2) is 9.57. The highest BCUT2D eigenvalue weighted by molar-refractivity contribution is 6.03. The zero-order valence-electron chi connectivity index (χ0n) is 18.5. The maximum atomic E-state index is 13.0. The average Bonchev–Trinajstić information content (AvgIpc) is 3.52. The Morgan fingerprint density at radius 1 is 1.18 bits per heavy atom. The highest BCUT2D eigenvalue weighted by Crippen LogP contribution is 2.33. The molecule has 0 fully saturated rings. The van der Waals surface area contributed by atoms with Crippen molar-refractivity contribution in [3.8, 4) is 5.75 Å². The van der Waals surface area contributed by atoms with Crippen LogP contribution in [0.5, 0.6) is 5.75 Å². The summed E-state index contributed by atoms with van der Waals surface area (Å²) in [7, 11) is 1.58. The first-order valence-corrected chi connectivity index (χ1v) is 10.4. The Balaban J connectivity index is 1.52. The number of benzene rings is 2. The molecule has 4 rings (SSSR count). The average molecular weight is 463 g/mol. The maximum Gasteiger partial charge on any atom is 0.339 e. The van der Waals surface area contributed by atoms with Crippen LogP contribution in [0.15, 0.2) is 70.4 Å². The quantitative estimate of drug-likeness (QED) is 0.294. The Labute approximate surface area is 194 Å². The first-order valence-electron chi connectivity index (χ1n) is 10.4. The summed E-state index contributed by atoms with van der Waals surface area (Å²) in [4.78, 5) is 36.1. The number of carbonyl (C=O) groups excluding carboxylic acids is 2. The van der Waals surface area contributed by atoms with Crippen molar-refractivity contribution in [3.63, 3.8) is 0 Å². The maximum absolute atomic E-state index is 13.0. The summed E-state index contributed by atoms with van der Waals surface area (Å²) in [5.41, 5.74) is 1.47. The monoisotopic (exact) mass is 463 g/mol. The summed E-state index contributed by atoms with van der Waals surface area (Å²) < 4.78 is 15.9. The lowest BCUT2D eigenvalue weighted by Gasteiger charge is -2.19. The number of nitrogens with zero attached hydrogens (tertiary/aromatic N) is 3. The van der Waals surface area contributed by atoms with Crippen LogP contribution in [0.3, 0.4) is 0 Å². The second-order valence-corrected chi connectivity index (χ2v) is 7.53. The van der Waals surface area contributed by atoms with Gasteiger partial charge in [-0.25, -0.2) is 9.80 Å². The zero-order chi connectivity index (χ0) is 24.2. The Kier molecular flexibility index (Phi) is 6.39. The molecule has 0 spiro atoms. The summed E-state index contributed by atoms with van der Waals surface area (Å²) >= 11 is 0. The van der Waals surface area contributed by atoms with Crippen LogP contribution < -0.4 is 4.74 Å². The van der Waals surface area contributed by atoms with E-state index >= 15 is 0 Å². The van der Waals surface area contributed by atoms with Gasteiger partial charge in [-0.15, -0.1) is 0 Å². The topological polar surface area (TPSA) is 124 Å². The van der Waals surface area contributed by atoms with E-state index < -0.39 is 29.4 Å². The summed E-state index contributed by atoms with van der Waals surface area (Å²) in [6, 6.07) is 14.3. The standard InChI is InChI=1S/C24H21N3O7/c1-15-18(5-3-6-20(15)27(30)31)24(29)34-14-23(28)26-21(22-7-4-12-33-22)13-19(25-26)16-8-10-17(32-2)11-9-16/h3-12,21H,13-14H2,1-2H3. The van der Waals surface area contributed by atoms with E-state index in [0.29, 0.717) is 23.6 Å². The molecular formula is C24H21N3O7. The van der Waals surface area contributed by atoms with Crippen LogP contribution in [0.1, 0.15) is 39.7 Å². The number of hydrogen-bond donors (Lipinski definition) is 0. The number of ether oxygens (including phenoxy) is 2. The molecule has 1 amide bonds. The predicted molar refractivity (Wildman–Crippen MR) is 121 cm³/mol. The number of amides is 1. The molecule has 1 aliphatic rings. The lowest BCUT2D eigenvalue weighted by Crippen LogP contribution is -2.31. The molecule has 3 aromatic rings. The summed E-state index contributed by atoms with van der Waals surface area (Å²) in [5, 5.41) is 16.8. The molecule has 2 aromatic carbocycles. The molecule has 10 nitrogen and oxygen atoms in total. The molecule has 0 saturated carbocycles. The summed E-state index contributed by atoms with van der Waals surface area (Å²) in [6.07, 6.45) is 1.91. The van der Waals surface area contributed by atoms with E-state index in [9.17, 15) is 19.7 Å². The van der Waals surface area contributed by atoms with Gasteiger partial charge in [-0.1, -0.05) is 6.07 Å². The van der Waals surface area contributed by atoms with Crippen molar-refractivity contribution >= 4 is 23.3 Å². The van der Waals surface area contributed by atoms with Gasteiger partial charge < -0.3 is 13.9 Å². The van der Waals surface area contributed by atoms with Crippen LogP contribution in [-0.2, 0) is 9.53 Å². The predicted octanol–water partition coefficient (Wildman–Crippen LogP) is 4.04. The highest BCUT2D eigenvalue weighted by atomic mass is 16.6. The van der Waals surface area contributed by atoms with E-state index in [1.54, 1.807) is 31.4 Å². The third-order valence-electron chi connectivity index (χ3n) is 5.51. The van der Waals surface area contributed by atoms with Gasteiger partial charge in [0.05, 0.1) is 29.6 Å². The van der Waals surface area contributed by atoms with Crippen LogP contribution in [0.25, 0.3) is 0 Å². The van der Waals surface area contributed by atoms with Gasteiger partial charge in [0.15, 0.2) is 6.61 Å². The van der Waals surface area contributed by atoms with E-state index in [1.165, 1.54) is 36.4 Å². The largest absolute Gasteiger partial charge is 0.497 e. The number of carbonyl (C=O) groups is 2. The van der Waals surface area contributed by atoms with Crippen LogP contribution in [-0.4, -0.2) is 41.2 Å². The van der Waals surface area contributed by atoms with Crippen LogP contribution in [0.4, 0.5) is 5.69 Å². The first kappa shape index (κ1) is 22.7. The Hall–Kier alpha value is -4.47. The molecule has 0 saturated heterocycles. The van der Waals surface area contributed by atoms with Gasteiger partial charge >= 0.3 is 5.97 Å². The number of nitro groups is 1. The van der Waals surface area contributed by atoms with Crippen molar-refractivity contribution in [2.24, 2.45) is 5.10 Å². The molecule has 0 aliphatic carbocycles. The van der Waals surface area contributed by atoms with Gasteiger partial charge in [0.25, 0.3) is 11.6 Å². The van der Waals surface area contributed by atoms with Crippen molar-refractivity contribution in [2.45, 2.75) is 19.4 Å². The van der Waals surface area contributed by atoms with Gasteiger partial charge in [-0.05, 0) is 55.0 Å². The normalized spacial score (nSPS) is 15.1. The molecule has 10 heteroatoms. The number of rotatable bonds is 7. The smallest absolute Gasteiger partial charge is 0.339 e. The molecular weight excluding hydrogens is 442 g/mol. The minimum absolute atomic E-state index is 0.0217. The Bertz CT molecular complexity index is 1250. The minimum atomic E-state index is -0.831. The van der Waals surface area contributed by atoms with Crippen LogP contribution in [0.2, 0.25) is 0 Å². The molecule has 1 aliphatic heterocycles. The fourth-order valence-electron chi connectivity index (χ4n) is 3.71. The van der Waals surface area contributed by atoms with Gasteiger partial charge in [0.1, 0.15) is 17.6 Å². The van der Waals surface area contributed by atoms with Gasteiger partial charge in [0, 0.05) is 18.1 Å². The molecule has 1 unspecified atom stereocenters. The number of nitro benzene ring substituents is 1. The zero-order valence-corrected chi connectivity index (χ0v) is 18.5. The molecule has 1 aromatic heterocycles. The highest BCUT2D eigenvalue weighted by Gasteiger charge is 2.35. The van der Waals surface area contributed by atoms with Gasteiger partial charge in [-0.2, -0.15) is 5.10 Å². The van der Waals surface area contributed by atoms with Crippen molar-refractivity contribution in [1.82, 2.24) is 5.01 Å². The molecule has 2 heterocycles. The fourth-order valence-corrected chi connectivity index (χ4v) is 3.71. The van der Waals surface area contributed by atoms with E-state index in [1.807, 2.05) is 12.1 Å². The number of esters is 1. The van der Waals surface area contributed by atoms with Crippen LogP contribution >= 0.6 is 0 Å². The lowest BCUT2D eigenvalue weighted by molar-refractivity contribution is -0.385. The molecule has 0 radical (unpaired) electrons. The van der Waals surface area contributed by atoms with Crippen molar-refractivity contribution in [2.75, 3.05) is 13.7 Å². The van der Waals surface area contributed by atoms with E-state index in [0.717, 1.165) is 5.56 Å². The SMILES string of the molecule is COc1ccc(C2=NN(C(=O)COC(=O)c3cccc([N+](=O)[O-])c3C)C(c3ccco3)C2)cc1. The Morgan fingerprint density at radius 3 is 2.59 bits per heavy atom. The Morgan fingerprint density at radius 2 is 1.94 bits per heavy atom. The van der Waals surface area contributed by atoms with Gasteiger partial charge in [-0.3, -0.25) is 14.9 Å². The lowest BCUT2D eigenvalue weighted by atomic mass is 10.0. The van der Waals surface area contributed by atoms with Crippen molar-refractivity contribution in [3.05, 3.63) is 93.4 Å². The van der Waals surface area contributed by atoms with E-state index in [2.05, 4.69) is 5.10 Å². The second-order valence-electron chi connectivity index (χ2n) is 7.53. The molecule has 0 bridgehead atoms. The number of methoxy groups -OCH3 is 1. The molecule has 1 atom stereocenters. The number of hydrazone groups is 1. The van der Waals surface area contributed by atoms with E-state index in [4.69, 9.17) is 13.9 Å². The van der Waals surface area contributed by atoms with Crippen molar-refractivity contribution < 1.29 is 28.4 Å². The first-order chi connectivity index (χ1) is 16.4. The summed E-state index contributed by atoms with van der Waals surface area (Å²) in [6.45, 7) is 0.868. The third kappa shape index (κ3) is 4.51. The number of hydrogen-bond acceptors (Lipinski definition) is 8. The molecule has 34 heavy (non-hydrogen) atoms. The van der Waals surface area contributed by atoms with E-state index in [-0.39, 0.29) is 16.8 Å².